The summed E-state index contributed by atoms with van der Waals surface area (Å²) in [5.41, 5.74) is 1.85. The van der Waals surface area contributed by atoms with Gasteiger partial charge < -0.3 is 10.4 Å². The zero-order valence-corrected chi connectivity index (χ0v) is 12.1. The van der Waals surface area contributed by atoms with Crippen LogP contribution in [0.2, 0.25) is 0 Å². The number of nitrogens with one attached hydrogen (secondary N) is 1. The van der Waals surface area contributed by atoms with Gasteiger partial charge in [0.25, 0.3) is 5.91 Å². The fourth-order valence-electron chi connectivity index (χ4n) is 1.84. The van der Waals surface area contributed by atoms with E-state index < -0.39 is 0 Å². The summed E-state index contributed by atoms with van der Waals surface area (Å²) in [7, 11) is 0. The lowest BCUT2D eigenvalue weighted by Crippen LogP contribution is -2.25. The number of aromatic nitrogens is 2. The number of carbonyl (C=O) groups is 1. The van der Waals surface area contributed by atoms with E-state index in [0.717, 1.165) is 42.1 Å². The third-order valence-electron chi connectivity index (χ3n) is 2.88. The monoisotopic (exact) mass is 291 g/mol. The Morgan fingerprint density at radius 3 is 2.75 bits per heavy atom. The molecule has 2 N–H and O–H groups in total. The molecule has 6 heteroatoms. The number of aryl methyl sites for hydroxylation is 1. The summed E-state index contributed by atoms with van der Waals surface area (Å²) in [4.78, 5) is 12.6. The van der Waals surface area contributed by atoms with Crippen LogP contribution in [0.3, 0.4) is 0 Å². The minimum absolute atomic E-state index is 0.109. The Labute approximate surface area is 121 Å². The number of benzene rings is 1. The first kappa shape index (κ1) is 14.5. The second-order valence-electron chi connectivity index (χ2n) is 4.47. The van der Waals surface area contributed by atoms with E-state index in [1.54, 1.807) is 12.1 Å². The summed E-state index contributed by atoms with van der Waals surface area (Å²) in [5, 5.41) is 16.1. The van der Waals surface area contributed by atoms with Crippen molar-refractivity contribution >= 4 is 17.4 Å². The van der Waals surface area contributed by atoms with E-state index in [-0.39, 0.29) is 11.7 Å². The molecule has 1 aromatic carbocycles. The van der Waals surface area contributed by atoms with Gasteiger partial charge in [-0.25, -0.2) is 0 Å². The van der Waals surface area contributed by atoms with Crippen LogP contribution in [0.1, 0.15) is 34.3 Å². The van der Waals surface area contributed by atoms with Crippen molar-refractivity contribution < 1.29 is 9.90 Å². The van der Waals surface area contributed by atoms with Crippen molar-refractivity contribution in [3.8, 4) is 5.75 Å². The number of carbonyl (C=O) groups excluding carboxylic acids is 1. The van der Waals surface area contributed by atoms with E-state index in [2.05, 4.69) is 14.9 Å². The quantitative estimate of drug-likeness (QED) is 0.855. The van der Waals surface area contributed by atoms with Gasteiger partial charge in [0.2, 0.25) is 0 Å². The van der Waals surface area contributed by atoms with Gasteiger partial charge in [0, 0.05) is 6.54 Å². The van der Waals surface area contributed by atoms with Crippen molar-refractivity contribution in [2.24, 2.45) is 0 Å². The first-order valence-corrected chi connectivity index (χ1v) is 7.35. The molecule has 2 aromatic rings. The van der Waals surface area contributed by atoms with Gasteiger partial charge >= 0.3 is 0 Å². The molecule has 0 aliphatic rings. The summed E-state index contributed by atoms with van der Waals surface area (Å²) in [6.07, 6.45) is 2.44. The smallest absolute Gasteiger partial charge is 0.264 e. The fourth-order valence-corrected chi connectivity index (χ4v) is 2.47. The molecule has 0 saturated heterocycles. The third-order valence-corrected chi connectivity index (χ3v) is 3.65. The lowest BCUT2D eigenvalue weighted by Gasteiger charge is -2.05. The van der Waals surface area contributed by atoms with E-state index in [9.17, 15) is 9.90 Å². The Bertz CT molecular complexity index is 566. The molecular formula is C14H17N3O2S. The van der Waals surface area contributed by atoms with E-state index in [0.29, 0.717) is 11.4 Å². The van der Waals surface area contributed by atoms with Crippen molar-refractivity contribution in [1.29, 1.82) is 0 Å². The van der Waals surface area contributed by atoms with Crippen molar-refractivity contribution in [2.75, 3.05) is 6.54 Å². The summed E-state index contributed by atoms with van der Waals surface area (Å²) < 4.78 is 3.84. The molecule has 0 aliphatic heterocycles. The van der Waals surface area contributed by atoms with Crippen LogP contribution in [-0.2, 0) is 12.8 Å². The van der Waals surface area contributed by atoms with Crippen LogP contribution in [0.25, 0.3) is 0 Å². The highest BCUT2D eigenvalue weighted by Crippen LogP contribution is 2.13. The molecule has 106 valence electrons. The van der Waals surface area contributed by atoms with Crippen LogP contribution < -0.4 is 5.32 Å². The van der Waals surface area contributed by atoms with Crippen LogP contribution in [0.5, 0.6) is 5.75 Å². The van der Waals surface area contributed by atoms with Crippen LogP contribution in [0.4, 0.5) is 0 Å². The van der Waals surface area contributed by atoms with Crippen LogP contribution >= 0.6 is 11.5 Å². The van der Waals surface area contributed by atoms with E-state index in [1.807, 2.05) is 19.1 Å². The standard InChI is InChI=1S/C14H17N3O2S/c1-2-3-12-13(20-17-16-12)14(19)15-9-8-10-4-6-11(18)7-5-10/h4-7,18H,2-3,8-9H2,1H3,(H,15,19). The molecule has 0 spiro atoms. The van der Waals surface area contributed by atoms with Gasteiger partial charge in [0.05, 0.1) is 5.69 Å². The molecule has 1 heterocycles. The highest BCUT2D eigenvalue weighted by Gasteiger charge is 2.14. The minimum Gasteiger partial charge on any atom is -0.508 e. The fraction of sp³-hybridized carbons (Fsp3) is 0.357. The molecule has 2 rings (SSSR count). The molecule has 0 bridgehead atoms. The van der Waals surface area contributed by atoms with Gasteiger partial charge in [-0.3, -0.25) is 4.79 Å². The number of phenols is 1. The molecule has 0 aliphatic carbocycles. The predicted octanol–water partition coefficient (Wildman–Crippen LogP) is 2.17. The van der Waals surface area contributed by atoms with Crippen molar-refractivity contribution in [3.05, 3.63) is 40.4 Å². The second kappa shape index (κ2) is 7.00. The van der Waals surface area contributed by atoms with Crippen molar-refractivity contribution in [3.63, 3.8) is 0 Å². The summed E-state index contributed by atoms with van der Waals surface area (Å²) in [6.45, 7) is 2.60. The highest BCUT2D eigenvalue weighted by atomic mass is 32.1. The van der Waals surface area contributed by atoms with E-state index >= 15 is 0 Å². The zero-order valence-electron chi connectivity index (χ0n) is 11.3. The first-order chi connectivity index (χ1) is 9.70. The summed E-state index contributed by atoms with van der Waals surface area (Å²) in [5.74, 6) is 0.139. The molecule has 5 nitrogen and oxygen atoms in total. The van der Waals surface area contributed by atoms with Crippen LogP contribution in [0.15, 0.2) is 24.3 Å². The number of amides is 1. The number of nitrogens with zero attached hydrogens (tertiary/aromatic N) is 2. The van der Waals surface area contributed by atoms with Crippen LogP contribution in [-0.4, -0.2) is 27.1 Å². The van der Waals surface area contributed by atoms with Gasteiger partial charge in [-0.2, -0.15) is 0 Å². The molecule has 1 amide bonds. The molecule has 20 heavy (non-hydrogen) atoms. The van der Waals surface area contributed by atoms with E-state index in [4.69, 9.17) is 0 Å². The van der Waals surface area contributed by atoms with Gasteiger partial charge in [0.1, 0.15) is 10.6 Å². The van der Waals surface area contributed by atoms with Gasteiger partial charge in [-0.15, -0.1) is 5.10 Å². The molecule has 0 radical (unpaired) electrons. The minimum atomic E-state index is -0.109. The zero-order chi connectivity index (χ0) is 14.4. The maximum atomic E-state index is 12.0. The average molecular weight is 291 g/mol. The first-order valence-electron chi connectivity index (χ1n) is 6.58. The molecule has 0 atom stereocenters. The Morgan fingerprint density at radius 1 is 1.30 bits per heavy atom. The maximum Gasteiger partial charge on any atom is 0.264 e. The number of phenolic OH excluding ortho intramolecular Hbond substituents is 1. The Kier molecular flexibility index (Phi) is 5.06. The molecule has 0 unspecified atom stereocenters. The topological polar surface area (TPSA) is 75.1 Å². The van der Waals surface area contributed by atoms with Gasteiger partial charge in [-0.1, -0.05) is 30.0 Å². The summed E-state index contributed by atoms with van der Waals surface area (Å²) >= 11 is 1.14. The Hall–Kier alpha value is -1.95. The Balaban J connectivity index is 1.85. The Morgan fingerprint density at radius 2 is 2.05 bits per heavy atom. The maximum absolute atomic E-state index is 12.0. The summed E-state index contributed by atoms with van der Waals surface area (Å²) in [6, 6.07) is 6.98. The largest absolute Gasteiger partial charge is 0.508 e. The average Bonchev–Trinajstić information content (AvgIpc) is 2.90. The number of rotatable bonds is 6. The van der Waals surface area contributed by atoms with E-state index in [1.165, 1.54) is 0 Å². The SMILES string of the molecule is CCCc1nnsc1C(=O)NCCc1ccc(O)cc1. The molecular weight excluding hydrogens is 274 g/mol. The normalized spacial score (nSPS) is 10.4. The van der Waals surface area contributed by atoms with Crippen molar-refractivity contribution in [1.82, 2.24) is 14.9 Å². The van der Waals surface area contributed by atoms with Crippen LogP contribution in [0, 0.1) is 0 Å². The number of aromatic hydroxyl groups is 1. The van der Waals surface area contributed by atoms with Gasteiger partial charge in [0.15, 0.2) is 0 Å². The van der Waals surface area contributed by atoms with Crippen molar-refractivity contribution in [2.45, 2.75) is 26.2 Å². The lowest BCUT2D eigenvalue weighted by atomic mass is 10.1. The van der Waals surface area contributed by atoms with Gasteiger partial charge in [-0.05, 0) is 42.1 Å². The highest BCUT2D eigenvalue weighted by molar-refractivity contribution is 7.08. The number of hydrogen-bond acceptors (Lipinski definition) is 5. The molecule has 1 aromatic heterocycles. The lowest BCUT2D eigenvalue weighted by molar-refractivity contribution is 0.0957. The molecule has 0 fully saturated rings. The second-order valence-corrected chi connectivity index (χ2v) is 5.23. The third kappa shape index (κ3) is 3.77. The molecule has 0 saturated carbocycles. The predicted molar refractivity (Wildman–Crippen MR) is 78.0 cm³/mol. The number of hydrogen-bond donors (Lipinski definition) is 2.